The van der Waals surface area contributed by atoms with Gasteiger partial charge in [-0.2, -0.15) is 9.97 Å². The first kappa shape index (κ1) is 21.1. The van der Waals surface area contributed by atoms with E-state index in [0.717, 1.165) is 5.56 Å². The summed E-state index contributed by atoms with van der Waals surface area (Å²) in [5.41, 5.74) is 7.47. The summed E-state index contributed by atoms with van der Waals surface area (Å²) in [5.74, 6) is 0.847. The Kier molecular flexibility index (Phi) is 5.78. The van der Waals surface area contributed by atoms with Gasteiger partial charge in [0.2, 0.25) is 5.95 Å². The number of fused-ring (bicyclic) bond motifs is 1. The zero-order valence-corrected chi connectivity index (χ0v) is 16.7. The van der Waals surface area contributed by atoms with Crippen LogP contribution >= 0.6 is 0 Å². The zero-order valence-electron chi connectivity index (χ0n) is 16.7. The van der Waals surface area contributed by atoms with Crippen molar-refractivity contribution in [2.24, 2.45) is 0 Å². The van der Waals surface area contributed by atoms with Crippen LogP contribution < -0.4 is 15.8 Å². The molecule has 7 N–H and O–H groups in total. The molecule has 0 radical (unpaired) electrons. The Hall–Kier alpha value is -3.19. The van der Waals surface area contributed by atoms with E-state index in [9.17, 15) is 20.4 Å². The number of nitrogens with zero attached hydrogens (tertiary/aromatic N) is 4. The first-order valence-electron chi connectivity index (χ1n) is 9.65. The topological polar surface area (TPSA) is 181 Å². The normalized spacial score (nSPS) is 23.4. The summed E-state index contributed by atoms with van der Waals surface area (Å²) in [6, 6.07) is 5.16. The molecule has 166 valence electrons. The lowest BCUT2D eigenvalue weighted by atomic mass is 10.1. The highest BCUT2D eigenvalue weighted by Crippen LogP contribution is 2.32. The molecule has 0 aliphatic carbocycles. The van der Waals surface area contributed by atoms with Crippen LogP contribution in [0, 0.1) is 0 Å². The van der Waals surface area contributed by atoms with Crippen LogP contribution in [-0.4, -0.2) is 78.5 Å². The lowest BCUT2D eigenvalue weighted by Crippen LogP contribution is -2.33. The fraction of sp³-hybridized carbons (Fsp3) is 0.421. The monoisotopic (exact) mass is 432 g/mol. The molecule has 2 aromatic heterocycles. The number of nitrogens with two attached hydrogens (primary N) is 1. The van der Waals surface area contributed by atoms with E-state index in [1.807, 2.05) is 6.07 Å². The maximum atomic E-state index is 10.3. The predicted molar refractivity (Wildman–Crippen MR) is 110 cm³/mol. The molecule has 0 saturated carbocycles. The van der Waals surface area contributed by atoms with Crippen LogP contribution in [0.5, 0.6) is 11.5 Å². The summed E-state index contributed by atoms with van der Waals surface area (Å²) < 4.78 is 12.0. The Morgan fingerprint density at radius 3 is 2.74 bits per heavy atom. The van der Waals surface area contributed by atoms with E-state index < -0.39 is 31.1 Å². The highest BCUT2D eigenvalue weighted by Gasteiger charge is 2.44. The van der Waals surface area contributed by atoms with Crippen LogP contribution in [0.4, 0.5) is 11.8 Å². The van der Waals surface area contributed by atoms with Gasteiger partial charge in [0.25, 0.3) is 0 Å². The number of aromatic hydroxyl groups is 1. The van der Waals surface area contributed by atoms with Gasteiger partial charge in [-0.25, -0.2) is 4.98 Å². The van der Waals surface area contributed by atoms with Crippen molar-refractivity contribution < 1.29 is 29.9 Å². The number of methoxy groups -OCH3 is 1. The van der Waals surface area contributed by atoms with Gasteiger partial charge in [0.05, 0.1) is 20.0 Å². The number of aliphatic hydroxyl groups is 3. The minimum atomic E-state index is -1.27. The lowest BCUT2D eigenvalue weighted by Gasteiger charge is -2.16. The van der Waals surface area contributed by atoms with Gasteiger partial charge in [0, 0.05) is 6.54 Å². The molecular weight excluding hydrogens is 408 g/mol. The second kappa shape index (κ2) is 8.51. The highest BCUT2D eigenvalue weighted by atomic mass is 16.6. The number of phenolic OH excluding ortho intramolecular Hbond substituents is 1. The smallest absolute Gasteiger partial charge is 0.224 e. The van der Waals surface area contributed by atoms with Gasteiger partial charge in [0.15, 0.2) is 34.7 Å². The van der Waals surface area contributed by atoms with Crippen molar-refractivity contribution in [2.75, 3.05) is 31.3 Å². The molecule has 31 heavy (non-hydrogen) atoms. The number of aromatic nitrogens is 4. The molecule has 1 aliphatic rings. The summed E-state index contributed by atoms with van der Waals surface area (Å²) in [6.45, 7) is 0.0320. The summed E-state index contributed by atoms with van der Waals surface area (Å²) in [7, 11) is 1.49. The number of hydrogen-bond donors (Lipinski definition) is 6. The fourth-order valence-electron chi connectivity index (χ4n) is 3.57. The van der Waals surface area contributed by atoms with Crippen LogP contribution in [0.3, 0.4) is 0 Å². The van der Waals surface area contributed by atoms with Crippen molar-refractivity contribution in [1.29, 1.82) is 0 Å². The Bertz CT molecular complexity index is 1080. The number of rotatable bonds is 7. The SMILES string of the molecule is COc1ccc(CCNc2nc(N)nc3c2ncn3[C@@H]2O[C@H](CO)[C@@H](O)[C@H]2O)cc1O. The third kappa shape index (κ3) is 3.93. The van der Waals surface area contributed by atoms with Gasteiger partial charge >= 0.3 is 0 Å². The second-order valence-electron chi connectivity index (χ2n) is 7.17. The Balaban J connectivity index is 1.54. The van der Waals surface area contributed by atoms with Crippen molar-refractivity contribution in [3.8, 4) is 11.5 Å². The minimum absolute atomic E-state index is 0.00872. The number of hydrogen-bond acceptors (Lipinski definition) is 11. The second-order valence-corrected chi connectivity index (χ2v) is 7.17. The maximum Gasteiger partial charge on any atom is 0.224 e. The molecule has 3 aromatic rings. The highest BCUT2D eigenvalue weighted by molar-refractivity contribution is 5.84. The number of anilines is 2. The molecule has 12 nitrogen and oxygen atoms in total. The van der Waals surface area contributed by atoms with Crippen LogP contribution in [0.1, 0.15) is 11.8 Å². The number of aliphatic hydroxyl groups excluding tert-OH is 3. The Labute approximate surface area is 176 Å². The number of imidazole rings is 1. The zero-order chi connectivity index (χ0) is 22.1. The van der Waals surface area contributed by atoms with Gasteiger partial charge < -0.3 is 41.0 Å². The van der Waals surface area contributed by atoms with Crippen molar-refractivity contribution in [1.82, 2.24) is 19.5 Å². The lowest BCUT2D eigenvalue weighted by molar-refractivity contribution is -0.0511. The van der Waals surface area contributed by atoms with Gasteiger partial charge in [-0.1, -0.05) is 6.07 Å². The Morgan fingerprint density at radius 2 is 2.06 bits per heavy atom. The van der Waals surface area contributed by atoms with Crippen molar-refractivity contribution in [3.63, 3.8) is 0 Å². The van der Waals surface area contributed by atoms with E-state index in [1.165, 1.54) is 18.0 Å². The molecule has 4 atom stereocenters. The van der Waals surface area contributed by atoms with Gasteiger partial charge in [-0.05, 0) is 24.1 Å². The minimum Gasteiger partial charge on any atom is -0.504 e. The van der Waals surface area contributed by atoms with E-state index in [-0.39, 0.29) is 11.7 Å². The summed E-state index contributed by atoms with van der Waals surface area (Å²) in [5, 5.41) is 42.7. The van der Waals surface area contributed by atoms with Crippen molar-refractivity contribution in [2.45, 2.75) is 31.0 Å². The number of ether oxygens (including phenoxy) is 2. The van der Waals surface area contributed by atoms with Gasteiger partial charge in [-0.15, -0.1) is 0 Å². The van der Waals surface area contributed by atoms with Gasteiger partial charge in [-0.3, -0.25) is 4.57 Å². The molecule has 12 heteroatoms. The standard InChI is InChI=1S/C19H24N6O6/c1-30-11-3-2-9(6-10(11)27)4-5-21-16-13-17(24-19(20)23-16)25(8-22-13)18-15(29)14(28)12(7-26)31-18/h2-3,6,8,12,14-15,18,26-29H,4-5,7H2,1H3,(H3,20,21,23,24)/t12-,14-,15-,18-/m1/s1. The number of nitrogen functional groups attached to an aromatic ring is 1. The molecule has 4 rings (SSSR count). The number of benzene rings is 1. The third-order valence-electron chi connectivity index (χ3n) is 5.18. The van der Waals surface area contributed by atoms with E-state index in [4.69, 9.17) is 15.2 Å². The average Bonchev–Trinajstić information content (AvgIpc) is 3.29. The molecule has 1 saturated heterocycles. The van der Waals surface area contributed by atoms with Crippen molar-refractivity contribution >= 4 is 22.9 Å². The summed E-state index contributed by atoms with van der Waals surface area (Å²) in [6.07, 6.45) is -2.43. The average molecular weight is 432 g/mol. The van der Waals surface area contributed by atoms with E-state index in [2.05, 4.69) is 20.3 Å². The molecule has 0 bridgehead atoms. The summed E-state index contributed by atoms with van der Waals surface area (Å²) in [4.78, 5) is 12.7. The number of phenols is 1. The fourth-order valence-corrected chi connectivity index (χ4v) is 3.57. The van der Waals surface area contributed by atoms with Gasteiger partial charge in [0.1, 0.15) is 18.3 Å². The first-order chi connectivity index (χ1) is 14.9. The largest absolute Gasteiger partial charge is 0.504 e. The molecule has 0 amide bonds. The van der Waals surface area contributed by atoms with Crippen LogP contribution in [0.25, 0.3) is 11.2 Å². The third-order valence-corrected chi connectivity index (χ3v) is 5.18. The van der Waals surface area contributed by atoms with E-state index in [1.54, 1.807) is 12.1 Å². The molecule has 1 aromatic carbocycles. The Morgan fingerprint density at radius 1 is 1.26 bits per heavy atom. The van der Waals surface area contributed by atoms with E-state index >= 15 is 0 Å². The molecule has 0 spiro atoms. The molecule has 1 aliphatic heterocycles. The predicted octanol–water partition coefficient (Wildman–Crippen LogP) is -0.611. The molecule has 0 unspecified atom stereocenters. The summed E-state index contributed by atoms with van der Waals surface area (Å²) >= 11 is 0. The molecule has 3 heterocycles. The molecular formula is C19H24N6O6. The maximum absolute atomic E-state index is 10.3. The first-order valence-corrected chi connectivity index (χ1v) is 9.65. The van der Waals surface area contributed by atoms with Crippen LogP contribution in [0.2, 0.25) is 0 Å². The quantitative estimate of drug-likeness (QED) is 0.280. The van der Waals surface area contributed by atoms with Crippen LogP contribution in [-0.2, 0) is 11.2 Å². The number of nitrogens with one attached hydrogen (secondary N) is 1. The van der Waals surface area contributed by atoms with Crippen LogP contribution in [0.15, 0.2) is 24.5 Å². The van der Waals surface area contributed by atoms with Crippen molar-refractivity contribution in [3.05, 3.63) is 30.1 Å². The van der Waals surface area contributed by atoms with E-state index in [0.29, 0.717) is 35.7 Å². The molecule has 1 fully saturated rings.